The molecule has 0 radical (unpaired) electrons. The predicted molar refractivity (Wildman–Crippen MR) is 81.7 cm³/mol. The van der Waals surface area contributed by atoms with Gasteiger partial charge in [0.15, 0.2) is 12.4 Å². The van der Waals surface area contributed by atoms with Crippen molar-refractivity contribution in [3.8, 4) is 11.5 Å². The summed E-state index contributed by atoms with van der Waals surface area (Å²) in [5.74, 6) is 1.30. The highest BCUT2D eigenvalue weighted by Gasteiger charge is 2.09. The average Bonchev–Trinajstić information content (AvgIpc) is 2.45. The smallest absolute Gasteiger partial charge is 0.200 e. The van der Waals surface area contributed by atoms with E-state index in [4.69, 9.17) is 9.47 Å². The first-order valence-electron chi connectivity index (χ1n) is 6.16. The van der Waals surface area contributed by atoms with Crippen LogP contribution in [0.25, 0.3) is 0 Å². The van der Waals surface area contributed by atoms with Crippen LogP contribution in [-0.4, -0.2) is 19.5 Å². The van der Waals surface area contributed by atoms with Gasteiger partial charge in [-0.2, -0.15) is 0 Å². The summed E-state index contributed by atoms with van der Waals surface area (Å²) in [6.45, 7) is 1.96. The van der Waals surface area contributed by atoms with E-state index in [0.717, 1.165) is 15.8 Å². The van der Waals surface area contributed by atoms with Gasteiger partial charge < -0.3 is 9.47 Å². The first-order chi connectivity index (χ1) is 9.60. The molecule has 0 N–H and O–H groups in total. The van der Waals surface area contributed by atoms with Crippen LogP contribution in [0.1, 0.15) is 15.9 Å². The Morgan fingerprint density at radius 2 is 2.00 bits per heavy atom. The van der Waals surface area contributed by atoms with Gasteiger partial charge in [-0.1, -0.05) is 23.8 Å². The van der Waals surface area contributed by atoms with Crippen LogP contribution in [0, 0.1) is 6.92 Å². The van der Waals surface area contributed by atoms with Gasteiger partial charge in [-0.15, -0.1) is 0 Å². The molecule has 0 bridgehead atoms. The number of carbonyl (C=O) groups is 1. The van der Waals surface area contributed by atoms with Crippen LogP contribution in [0.4, 0.5) is 0 Å². The lowest BCUT2D eigenvalue weighted by atomic mass is 10.1. The van der Waals surface area contributed by atoms with E-state index in [2.05, 4.69) is 15.9 Å². The summed E-state index contributed by atoms with van der Waals surface area (Å²) in [5.41, 5.74) is 1.72. The Kier molecular flexibility index (Phi) is 4.79. The van der Waals surface area contributed by atoms with Crippen LogP contribution in [0.5, 0.6) is 11.5 Å². The summed E-state index contributed by atoms with van der Waals surface area (Å²) in [4.78, 5) is 12.0. The SMILES string of the molecule is COc1ccc(OCC(=O)c2cccc(C)c2)c(Br)c1. The maximum atomic E-state index is 12.0. The molecule has 104 valence electrons. The van der Waals surface area contributed by atoms with Gasteiger partial charge in [0.2, 0.25) is 0 Å². The topological polar surface area (TPSA) is 35.5 Å². The fourth-order valence-corrected chi connectivity index (χ4v) is 2.24. The fraction of sp³-hybridized carbons (Fsp3) is 0.188. The minimum Gasteiger partial charge on any atom is -0.497 e. The van der Waals surface area contributed by atoms with Crippen molar-refractivity contribution in [2.24, 2.45) is 0 Å². The summed E-state index contributed by atoms with van der Waals surface area (Å²) in [6, 6.07) is 12.8. The molecule has 0 atom stereocenters. The first-order valence-corrected chi connectivity index (χ1v) is 6.95. The fourth-order valence-electron chi connectivity index (χ4n) is 1.77. The van der Waals surface area contributed by atoms with Crippen molar-refractivity contribution < 1.29 is 14.3 Å². The van der Waals surface area contributed by atoms with E-state index in [1.165, 1.54) is 0 Å². The largest absolute Gasteiger partial charge is 0.497 e. The Labute approximate surface area is 126 Å². The number of Topliss-reactive ketones (excluding diaryl/α,β-unsaturated/α-hetero) is 1. The van der Waals surface area contributed by atoms with E-state index in [0.29, 0.717) is 11.3 Å². The number of ketones is 1. The molecule has 0 amide bonds. The van der Waals surface area contributed by atoms with E-state index in [1.54, 1.807) is 31.4 Å². The molecular formula is C16H15BrO3. The van der Waals surface area contributed by atoms with Crippen molar-refractivity contribution in [1.29, 1.82) is 0 Å². The van der Waals surface area contributed by atoms with Gasteiger partial charge in [0.1, 0.15) is 11.5 Å². The highest BCUT2D eigenvalue weighted by molar-refractivity contribution is 9.10. The molecule has 2 aromatic rings. The number of hydrogen-bond donors (Lipinski definition) is 0. The van der Waals surface area contributed by atoms with Gasteiger partial charge in [-0.25, -0.2) is 0 Å². The molecule has 0 saturated carbocycles. The van der Waals surface area contributed by atoms with Crippen LogP contribution in [0.15, 0.2) is 46.9 Å². The van der Waals surface area contributed by atoms with E-state index in [1.807, 2.05) is 25.1 Å². The average molecular weight is 335 g/mol. The zero-order valence-electron chi connectivity index (χ0n) is 11.4. The maximum absolute atomic E-state index is 12.0. The van der Waals surface area contributed by atoms with Crippen molar-refractivity contribution in [3.05, 3.63) is 58.1 Å². The Morgan fingerprint density at radius 3 is 2.65 bits per heavy atom. The van der Waals surface area contributed by atoms with Gasteiger partial charge in [-0.05, 0) is 47.1 Å². The van der Waals surface area contributed by atoms with Crippen molar-refractivity contribution in [2.45, 2.75) is 6.92 Å². The van der Waals surface area contributed by atoms with Crippen LogP contribution < -0.4 is 9.47 Å². The van der Waals surface area contributed by atoms with E-state index >= 15 is 0 Å². The zero-order chi connectivity index (χ0) is 14.5. The van der Waals surface area contributed by atoms with E-state index in [-0.39, 0.29) is 12.4 Å². The van der Waals surface area contributed by atoms with Crippen LogP contribution >= 0.6 is 15.9 Å². The van der Waals surface area contributed by atoms with Crippen molar-refractivity contribution in [3.63, 3.8) is 0 Å². The summed E-state index contributed by atoms with van der Waals surface area (Å²) in [5, 5.41) is 0. The highest BCUT2D eigenvalue weighted by Crippen LogP contribution is 2.29. The quantitative estimate of drug-likeness (QED) is 0.774. The third-order valence-corrected chi connectivity index (χ3v) is 3.46. The van der Waals surface area contributed by atoms with Crippen LogP contribution in [0.2, 0.25) is 0 Å². The zero-order valence-corrected chi connectivity index (χ0v) is 12.9. The van der Waals surface area contributed by atoms with Crippen molar-refractivity contribution >= 4 is 21.7 Å². The minimum atomic E-state index is -0.0450. The number of rotatable bonds is 5. The molecule has 0 aliphatic carbocycles. The molecule has 0 fully saturated rings. The minimum absolute atomic E-state index is 0.00832. The second kappa shape index (κ2) is 6.57. The molecule has 0 heterocycles. The Hall–Kier alpha value is -1.81. The molecule has 0 unspecified atom stereocenters. The third-order valence-electron chi connectivity index (χ3n) is 2.84. The van der Waals surface area contributed by atoms with Crippen molar-refractivity contribution in [2.75, 3.05) is 13.7 Å². The number of hydrogen-bond acceptors (Lipinski definition) is 3. The second-order valence-corrected chi connectivity index (χ2v) is 5.23. The molecule has 0 saturated heterocycles. The molecule has 3 nitrogen and oxygen atoms in total. The third kappa shape index (κ3) is 3.61. The summed E-state index contributed by atoms with van der Waals surface area (Å²) in [7, 11) is 1.60. The van der Waals surface area contributed by atoms with Crippen LogP contribution in [-0.2, 0) is 0 Å². The Balaban J connectivity index is 2.03. The lowest BCUT2D eigenvalue weighted by Gasteiger charge is -2.09. The molecule has 2 aromatic carbocycles. The lowest BCUT2D eigenvalue weighted by Crippen LogP contribution is -2.11. The lowest BCUT2D eigenvalue weighted by molar-refractivity contribution is 0.0921. The summed E-state index contributed by atoms with van der Waals surface area (Å²) in [6.07, 6.45) is 0. The molecule has 0 aliphatic heterocycles. The molecule has 0 aliphatic rings. The number of halogens is 1. The van der Waals surface area contributed by atoms with Crippen molar-refractivity contribution in [1.82, 2.24) is 0 Å². The Morgan fingerprint density at radius 1 is 1.20 bits per heavy atom. The van der Waals surface area contributed by atoms with E-state index < -0.39 is 0 Å². The first kappa shape index (κ1) is 14.6. The number of methoxy groups -OCH3 is 1. The summed E-state index contributed by atoms with van der Waals surface area (Å²) < 4.78 is 11.4. The van der Waals surface area contributed by atoms with Crippen LogP contribution in [0.3, 0.4) is 0 Å². The van der Waals surface area contributed by atoms with Gasteiger partial charge >= 0.3 is 0 Å². The summed E-state index contributed by atoms with van der Waals surface area (Å²) >= 11 is 3.39. The number of aryl methyl sites for hydroxylation is 1. The van der Waals surface area contributed by atoms with Gasteiger partial charge in [0.25, 0.3) is 0 Å². The number of ether oxygens (including phenoxy) is 2. The molecule has 0 spiro atoms. The molecule has 2 rings (SSSR count). The predicted octanol–water partition coefficient (Wildman–Crippen LogP) is 4.03. The highest BCUT2D eigenvalue weighted by atomic mass is 79.9. The van der Waals surface area contributed by atoms with Gasteiger partial charge in [0, 0.05) is 5.56 Å². The maximum Gasteiger partial charge on any atom is 0.200 e. The molecular weight excluding hydrogens is 320 g/mol. The number of carbonyl (C=O) groups excluding carboxylic acids is 1. The Bertz CT molecular complexity index is 623. The second-order valence-electron chi connectivity index (χ2n) is 4.38. The standard InChI is InChI=1S/C16H15BrO3/c1-11-4-3-5-12(8-11)15(18)10-20-16-7-6-13(19-2)9-14(16)17/h3-9H,10H2,1-2H3. The van der Waals surface area contributed by atoms with Gasteiger partial charge in [0.05, 0.1) is 11.6 Å². The van der Waals surface area contributed by atoms with Gasteiger partial charge in [-0.3, -0.25) is 4.79 Å². The van der Waals surface area contributed by atoms with E-state index in [9.17, 15) is 4.79 Å². The molecule has 20 heavy (non-hydrogen) atoms. The molecule has 0 aromatic heterocycles. The monoisotopic (exact) mass is 334 g/mol. The molecule has 4 heteroatoms. The normalized spacial score (nSPS) is 10.2. The number of benzene rings is 2.